The van der Waals surface area contributed by atoms with Gasteiger partial charge in [0, 0.05) is 43.1 Å². The minimum Gasteiger partial charge on any atom is -0.394 e. The molecular weight excluding hydrogens is 416 g/mol. The van der Waals surface area contributed by atoms with Gasteiger partial charge in [0.05, 0.1) is 23.2 Å². The molecule has 0 bridgehead atoms. The third-order valence-electron chi connectivity index (χ3n) is 5.86. The van der Waals surface area contributed by atoms with Gasteiger partial charge in [0.1, 0.15) is 12.3 Å². The number of unbranched alkanes of at least 4 members (excludes halogenated alkanes) is 2. The van der Waals surface area contributed by atoms with Crippen molar-refractivity contribution in [2.75, 3.05) is 19.7 Å². The Labute approximate surface area is 186 Å². The van der Waals surface area contributed by atoms with Crippen molar-refractivity contribution in [1.82, 2.24) is 9.88 Å². The van der Waals surface area contributed by atoms with Crippen LogP contribution in [0.2, 0.25) is 0 Å². The van der Waals surface area contributed by atoms with E-state index in [-0.39, 0.29) is 18.2 Å². The maximum absolute atomic E-state index is 11.8. The number of nitrogens with one attached hydrogen (secondary N) is 1. The molecule has 2 aromatic rings. The molecule has 1 aliphatic heterocycles. The first kappa shape index (κ1) is 24.1. The second-order valence-electron chi connectivity index (χ2n) is 8.19. The fourth-order valence-electron chi connectivity index (χ4n) is 4.10. The van der Waals surface area contributed by atoms with Crippen molar-refractivity contribution in [3.8, 4) is 0 Å². The summed E-state index contributed by atoms with van der Waals surface area (Å²) in [4.78, 5) is 22.6. The molecule has 0 saturated carbocycles. The van der Waals surface area contributed by atoms with Crippen LogP contribution in [0.3, 0.4) is 0 Å². The maximum Gasteiger partial charge on any atom is 0.270 e. The second kappa shape index (κ2) is 11.4. The summed E-state index contributed by atoms with van der Waals surface area (Å²) in [5.74, 6) is 0.0288. The highest BCUT2D eigenvalue weighted by atomic mass is 16.6. The number of aryl methyl sites for hydroxylation is 1. The Bertz CT molecular complexity index is 931. The number of carbonyl (C=O) groups excluding carboxylic acids is 1. The Morgan fingerprint density at radius 3 is 2.81 bits per heavy atom. The maximum atomic E-state index is 11.8. The number of carbonyl (C=O) groups is 1. The molecule has 32 heavy (non-hydrogen) atoms. The van der Waals surface area contributed by atoms with Gasteiger partial charge in [-0.3, -0.25) is 14.9 Å². The van der Waals surface area contributed by atoms with Crippen molar-refractivity contribution in [2.24, 2.45) is 5.73 Å². The van der Waals surface area contributed by atoms with Crippen LogP contribution in [0.5, 0.6) is 0 Å². The predicted octanol–water partition coefficient (Wildman–Crippen LogP) is 1.76. The van der Waals surface area contributed by atoms with E-state index in [2.05, 4.69) is 5.32 Å². The number of nitro benzene ring substituents is 1. The number of aromatic nitrogens is 1. The molecule has 1 saturated heterocycles. The SMILES string of the molecule is NCCCCC(=O)NCCCCc1cn(C2CC(O)C(CO)O2)c2ccc([N+](=O)[O-])cc12. The van der Waals surface area contributed by atoms with E-state index in [1.807, 2.05) is 10.8 Å². The summed E-state index contributed by atoms with van der Waals surface area (Å²) in [5, 5.41) is 34.4. The Kier molecular flexibility index (Phi) is 8.57. The first-order valence-electron chi connectivity index (χ1n) is 11.1. The molecule has 10 heteroatoms. The van der Waals surface area contributed by atoms with Crippen molar-refractivity contribution >= 4 is 22.5 Å². The molecule has 3 unspecified atom stereocenters. The summed E-state index contributed by atoms with van der Waals surface area (Å²) in [5.41, 5.74) is 7.19. The van der Waals surface area contributed by atoms with Crippen molar-refractivity contribution in [3.63, 3.8) is 0 Å². The first-order chi connectivity index (χ1) is 15.4. The van der Waals surface area contributed by atoms with Crippen LogP contribution in [-0.4, -0.2) is 57.5 Å². The summed E-state index contributed by atoms with van der Waals surface area (Å²) in [6, 6.07) is 4.72. The van der Waals surface area contributed by atoms with Gasteiger partial charge in [0.15, 0.2) is 0 Å². The van der Waals surface area contributed by atoms with Gasteiger partial charge in [-0.25, -0.2) is 0 Å². The minimum absolute atomic E-state index is 0.0156. The van der Waals surface area contributed by atoms with Crippen LogP contribution in [-0.2, 0) is 16.0 Å². The smallest absolute Gasteiger partial charge is 0.270 e. The topological polar surface area (TPSA) is 153 Å². The summed E-state index contributed by atoms with van der Waals surface area (Å²) in [6.07, 6.45) is 4.77. The Morgan fingerprint density at radius 1 is 1.31 bits per heavy atom. The molecular formula is C22H32N4O6. The van der Waals surface area contributed by atoms with Crippen LogP contribution >= 0.6 is 0 Å². The lowest BCUT2D eigenvalue weighted by molar-refractivity contribution is -0.384. The first-order valence-corrected chi connectivity index (χ1v) is 11.1. The number of fused-ring (bicyclic) bond motifs is 1. The Balaban J connectivity index is 1.67. The van der Waals surface area contributed by atoms with Crippen molar-refractivity contribution in [1.29, 1.82) is 0 Å². The quantitative estimate of drug-likeness (QED) is 0.219. The molecule has 3 rings (SSSR count). The number of hydrogen-bond acceptors (Lipinski definition) is 7. The van der Waals surface area contributed by atoms with E-state index < -0.39 is 23.4 Å². The average Bonchev–Trinajstić information content (AvgIpc) is 3.33. The van der Waals surface area contributed by atoms with E-state index in [0.29, 0.717) is 32.4 Å². The summed E-state index contributed by atoms with van der Waals surface area (Å²) >= 11 is 0. The number of nitro groups is 1. The van der Waals surface area contributed by atoms with Crippen molar-refractivity contribution < 1.29 is 24.7 Å². The molecule has 5 N–H and O–H groups in total. The van der Waals surface area contributed by atoms with E-state index in [1.165, 1.54) is 6.07 Å². The fourth-order valence-corrected chi connectivity index (χ4v) is 4.10. The highest BCUT2D eigenvalue weighted by Crippen LogP contribution is 2.35. The number of rotatable bonds is 12. The van der Waals surface area contributed by atoms with E-state index >= 15 is 0 Å². The lowest BCUT2D eigenvalue weighted by Gasteiger charge is -2.15. The number of non-ortho nitro benzene ring substituents is 1. The average molecular weight is 449 g/mol. The Hall–Kier alpha value is -2.53. The van der Waals surface area contributed by atoms with E-state index in [1.54, 1.807) is 12.1 Å². The Morgan fingerprint density at radius 2 is 2.12 bits per heavy atom. The summed E-state index contributed by atoms with van der Waals surface area (Å²) in [7, 11) is 0. The fraction of sp³-hybridized carbons (Fsp3) is 0.591. The van der Waals surface area contributed by atoms with Gasteiger partial charge >= 0.3 is 0 Å². The van der Waals surface area contributed by atoms with Crippen LogP contribution in [0.15, 0.2) is 24.4 Å². The lowest BCUT2D eigenvalue weighted by Crippen LogP contribution is -2.24. The van der Waals surface area contributed by atoms with Gasteiger partial charge in [0.2, 0.25) is 5.91 Å². The monoisotopic (exact) mass is 448 g/mol. The van der Waals surface area contributed by atoms with E-state index in [9.17, 15) is 25.1 Å². The molecule has 1 aliphatic rings. The van der Waals surface area contributed by atoms with Crippen LogP contribution in [0.25, 0.3) is 10.9 Å². The third kappa shape index (κ3) is 5.83. The number of nitrogens with zero attached hydrogens (tertiary/aromatic N) is 2. The zero-order chi connectivity index (χ0) is 23.1. The van der Waals surface area contributed by atoms with Gasteiger partial charge in [-0.1, -0.05) is 0 Å². The summed E-state index contributed by atoms with van der Waals surface area (Å²) < 4.78 is 7.67. The number of hydrogen-bond donors (Lipinski definition) is 4. The molecule has 0 aliphatic carbocycles. The number of aliphatic hydroxyl groups excluding tert-OH is 2. The number of benzene rings is 1. The van der Waals surface area contributed by atoms with Gasteiger partial charge < -0.3 is 30.6 Å². The van der Waals surface area contributed by atoms with Gasteiger partial charge in [-0.05, 0) is 50.3 Å². The molecule has 176 valence electrons. The number of amides is 1. The molecule has 10 nitrogen and oxygen atoms in total. The van der Waals surface area contributed by atoms with Crippen LogP contribution in [0.4, 0.5) is 5.69 Å². The minimum atomic E-state index is -0.766. The van der Waals surface area contributed by atoms with E-state index in [4.69, 9.17) is 10.5 Å². The lowest BCUT2D eigenvalue weighted by atomic mass is 10.1. The van der Waals surface area contributed by atoms with Crippen molar-refractivity contribution in [2.45, 2.75) is 63.4 Å². The van der Waals surface area contributed by atoms with Crippen LogP contribution in [0.1, 0.15) is 50.3 Å². The molecule has 3 atom stereocenters. The molecule has 1 aromatic carbocycles. The van der Waals surface area contributed by atoms with Gasteiger partial charge in [0.25, 0.3) is 5.69 Å². The predicted molar refractivity (Wildman–Crippen MR) is 119 cm³/mol. The van der Waals surface area contributed by atoms with Crippen LogP contribution in [0, 0.1) is 10.1 Å². The number of aliphatic hydroxyl groups is 2. The summed E-state index contributed by atoms with van der Waals surface area (Å²) in [6.45, 7) is 0.897. The highest BCUT2D eigenvalue weighted by molar-refractivity contribution is 5.86. The second-order valence-corrected chi connectivity index (χ2v) is 8.19. The van der Waals surface area contributed by atoms with Gasteiger partial charge in [-0.2, -0.15) is 0 Å². The highest BCUT2D eigenvalue weighted by Gasteiger charge is 2.35. The normalized spacial score (nSPS) is 20.7. The zero-order valence-corrected chi connectivity index (χ0v) is 18.1. The molecule has 0 radical (unpaired) electrons. The van der Waals surface area contributed by atoms with Crippen molar-refractivity contribution in [3.05, 3.63) is 40.1 Å². The standard InChI is InChI=1S/C22H32N4O6/c23-9-3-1-6-21(29)24-10-4-2-5-15-13-25(22-12-19(28)20(14-27)32-22)18-8-7-16(26(30)31)11-17(15)18/h7-8,11,13,19-20,22,27-28H,1-6,9-10,12,14,23H2,(H,24,29). The van der Waals surface area contributed by atoms with E-state index in [0.717, 1.165) is 42.1 Å². The molecule has 0 spiro atoms. The molecule has 1 aromatic heterocycles. The largest absolute Gasteiger partial charge is 0.394 e. The molecule has 2 heterocycles. The molecule has 1 fully saturated rings. The molecule has 1 amide bonds. The third-order valence-corrected chi connectivity index (χ3v) is 5.86. The number of nitrogens with two attached hydrogens (primary N) is 1. The van der Waals surface area contributed by atoms with Gasteiger partial charge in [-0.15, -0.1) is 0 Å². The van der Waals surface area contributed by atoms with Crippen LogP contribution < -0.4 is 11.1 Å². The number of ether oxygens (including phenoxy) is 1. The zero-order valence-electron chi connectivity index (χ0n) is 18.1.